The summed E-state index contributed by atoms with van der Waals surface area (Å²) in [6.07, 6.45) is 9.56. The van der Waals surface area contributed by atoms with Crippen LogP contribution in [0.4, 0.5) is 0 Å². The van der Waals surface area contributed by atoms with Crippen LogP contribution in [0.5, 0.6) is 0 Å². The Morgan fingerprint density at radius 3 is 2.91 bits per heavy atom. The van der Waals surface area contributed by atoms with E-state index in [1.807, 2.05) is 6.08 Å². The summed E-state index contributed by atoms with van der Waals surface area (Å²) in [7, 11) is 0. The average molecular weight is 150 g/mol. The van der Waals surface area contributed by atoms with Crippen LogP contribution in [0.15, 0.2) is 23.8 Å². The predicted molar refractivity (Wildman–Crippen MR) is 46.4 cm³/mol. The number of ketones is 1. The van der Waals surface area contributed by atoms with Crippen LogP contribution in [0, 0.1) is 0 Å². The number of hydrogen-bond donors (Lipinski definition) is 0. The summed E-state index contributed by atoms with van der Waals surface area (Å²) in [5.74, 6) is 0.260. The van der Waals surface area contributed by atoms with E-state index in [4.69, 9.17) is 0 Å². The Morgan fingerprint density at radius 2 is 2.09 bits per heavy atom. The molecule has 0 N–H and O–H groups in total. The van der Waals surface area contributed by atoms with Gasteiger partial charge in [0.15, 0.2) is 5.78 Å². The van der Waals surface area contributed by atoms with Gasteiger partial charge in [0.05, 0.1) is 0 Å². The van der Waals surface area contributed by atoms with Gasteiger partial charge < -0.3 is 0 Å². The second-order valence-corrected chi connectivity index (χ2v) is 3.00. The molecule has 60 valence electrons. The van der Waals surface area contributed by atoms with Gasteiger partial charge in [0.1, 0.15) is 0 Å². The molecule has 0 aromatic heterocycles. The minimum absolute atomic E-state index is 0.260. The summed E-state index contributed by atoms with van der Waals surface area (Å²) in [5, 5.41) is 0. The van der Waals surface area contributed by atoms with E-state index in [0.29, 0.717) is 6.42 Å². The van der Waals surface area contributed by atoms with E-state index in [-0.39, 0.29) is 5.78 Å². The Hall–Kier alpha value is -0.850. The van der Waals surface area contributed by atoms with E-state index in [1.165, 1.54) is 5.57 Å². The lowest BCUT2D eigenvalue weighted by molar-refractivity contribution is -0.114. The molecule has 0 saturated heterocycles. The Bertz CT molecular complexity index is 199. The molecule has 0 saturated carbocycles. The number of carbonyl (C=O) groups excluding carboxylic acids is 1. The monoisotopic (exact) mass is 150 g/mol. The summed E-state index contributed by atoms with van der Waals surface area (Å²) in [4.78, 5) is 11.0. The molecular weight excluding hydrogens is 136 g/mol. The molecule has 0 aromatic carbocycles. The van der Waals surface area contributed by atoms with Gasteiger partial charge in [-0.25, -0.2) is 0 Å². The topological polar surface area (TPSA) is 17.1 Å². The van der Waals surface area contributed by atoms with E-state index >= 15 is 0 Å². The smallest absolute Gasteiger partial charge is 0.155 e. The van der Waals surface area contributed by atoms with E-state index in [9.17, 15) is 4.79 Å². The number of carbonyl (C=O) groups is 1. The third-order valence-corrected chi connectivity index (χ3v) is 1.89. The Morgan fingerprint density at radius 1 is 1.27 bits per heavy atom. The summed E-state index contributed by atoms with van der Waals surface area (Å²) < 4.78 is 0. The largest absolute Gasteiger partial charge is 0.295 e. The van der Waals surface area contributed by atoms with Gasteiger partial charge >= 0.3 is 0 Å². The van der Waals surface area contributed by atoms with E-state index in [2.05, 4.69) is 13.0 Å². The van der Waals surface area contributed by atoms with Gasteiger partial charge in [-0.3, -0.25) is 4.79 Å². The van der Waals surface area contributed by atoms with Gasteiger partial charge in [-0.2, -0.15) is 0 Å². The first-order chi connectivity index (χ1) is 5.29. The van der Waals surface area contributed by atoms with Crippen LogP contribution in [-0.4, -0.2) is 5.78 Å². The van der Waals surface area contributed by atoms with Gasteiger partial charge in [-0.05, 0) is 32.3 Å². The molecule has 0 aromatic rings. The highest BCUT2D eigenvalue weighted by atomic mass is 16.1. The molecular formula is C10H14O. The second kappa shape index (κ2) is 4.12. The quantitative estimate of drug-likeness (QED) is 0.485. The van der Waals surface area contributed by atoms with Crippen LogP contribution in [-0.2, 0) is 4.79 Å². The van der Waals surface area contributed by atoms with Crippen LogP contribution in [0.25, 0.3) is 0 Å². The van der Waals surface area contributed by atoms with E-state index in [0.717, 1.165) is 19.3 Å². The number of allylic oxidation sites excluding steroid dienone is 4. The fourth-order valence-corrected chi connectivity index (χ4v) is 1.17. The van der Waals surface area contributed by atoms with Crippen molar-refractivity contribution in [2.24, 2.45) is 0 Å². The summed E-state index contributed by atoms with van der Waals surface area (Å²) in [6, 6.07) is 0. The van der Waals surface area contributed by atoms with Crippen LogP contribution < -0.4 is 0 Å². The number of rotatable bonds is 0. The van der Waals surface area contributed by atoms with Crippen molar-refractivity contribution in [2.45, 2.75) is 32.6 Å². The van der Waals surface area contributed by atoms with Crippen molar-refractivity contribution >= 4 is 5.78 Å². The zero-order valence-corrected chi connectivity index (χ0v) is 6.97. The molecule has 0 heterocycles. The average Bonchev–Trinajstić information content (AvgIpc) is 2.04. The van der Waals surface area contributed by atoms with Crippen LogP contribution in [0.2, 0.25) is 0 Å². The lowest BCUT2D eigenvalue weighted by atomic mass is 10.1. The molecule has 0 fully saturated rings. The molecule has 0 atom stereocenters. The maximum atomic E-state index is 11.0. The van der Waals surface area contributed by atoms with Gasteiger partial charge in [-0.1, -0.05) is 17.7 Å². The van der Waals surface area contributed by atoms with Crippen molar-refractivity contribution in [2.75, 3.05) is 0 Å². The molecule has 11 heavy (non-hydrogen) atoms. The fourth-order valence-electron chi connectivity index (χ4n) is 1.17. The zero-order chi connectivity index (χ0) is 8.10. The molecule has 1 aliphatic carbocycles. The van der Waals surface area contributed by atoms with Crippen LogP contribution in [0.3, 0.4) is 0 Å². The minimum atomic E-state index is 0.260. The fraction of sp³-hybridized carbons (Fsp3) is 0.500. The van der Waals surface area contributed by atoms with Gasteiger partial charge in [0.25, 0.3) is 0 Å². The van der Waals surface area contributed by atoms with Crippen molar-refractivity contribution < 1.29 is 4.79 Å². The standard InChI is InChI=1S/C10H14O/c1-9-5-2-3-7-10(11)8-4-6-9/h3,6-7H,2,4-5,8H2,1H3/b7-3-,9-6+. The Kier molecular flexibility index (Phi) is 3.09. The second-order valence-electron chi connectivity index (χ2n) is 3.00. The SMILES string of the molecule is C/C1=C\CCC(=O)/C=C\CC1. The summed E-state index contributed by atoms with van der Waals surface area (Å²) >= 11 is 0. The summed E-state index contributed by atoms with van der Waals surface area (Å²) in [6.45, 7) is 2.13. The van der Waals surface area contributed by atoms with Gasteiger partial charge in [0, 0.05) is 6.42 Å². The van der Waals surface area contributed by atoms with Crippen molar-refractivity contribution in [3.63, 3.8) is 0 Å². The highest BCUT2D eigenvalue weighted by Crippen LogP contribution is 2.09. The molecule has 0 spiro atoms. The molecule has 1 aliphatic rings. The van der Waals surface area contributed by atoms with E-state index in [1.54, 1.807) is 6.08 Å². The molecule has 0 radical (unpaired) electrons. The minimum Gasteiger partial charge on any atom is -0.295 e. The van der Waals surface area contributed by atoms with Crippen molar-refractivity contribution in [3.05, 3.63) is 23.8 Å². The molecule has 0 unspecified atom stereocenters. The molecule has 1 nitrogen and oxygen atoms in total. The lowest BCUT2D eigenvalue weighted by Crippen LogP contribution is -1.89. The van der Waals surface area contributed by atoms with Crippen LogP contribution >= 0.6 is 0 Å². The predicted octanol–water partition coefficient (Wildman–Crippen LogP) is 2.63. The molecule has 1 heteroatoms. The molecule has 0 bridgehead atoms. The number of hydrogen-bond acceptors (Lipinski definition) is 1. The third-order valence-electron chi connectivity index (χ3n) is 1.89. The zero-order valence-electron chi connectivity index (χ0n) is 6.97. The highest BCUT2D eigenvalue weighted by Gasteiger charge is 1.97. The van der Waals surface area contributed by atoms with Crippen molar-refractivity contribution in [1.29, 1.82) is 0 Å². The first-order valence-electron chi connectivity index (χ1n) is 4.14. The van der Waals surface area contributed by atoms with Crippen molar-refractivity contribution in [3.8, 4) is 0 Å². The van der Waals surface area contributed by atoms with E-state index < -0.39 is 0 Å². The van der Waals surface area contributed by atoms with Gasteiger partial charge in [0.2, 0.25) is 0 Å². The van der Waals surface area contributed by atoms with Gasteiger partial charge in [-0.15, -0.1) is 0 Å². The maximum absolute atomic E-state index is 11.0. The summed E-state index contributed by atoms with van der Waals surface area (Å²) in [5.41, 5.74) is 1.41. The van der Waals surface area contributed by atoms with Crippen molar-refractivity contribution in [1.82, 2.24) is 0 Å². The normalized spacial score (nSPS) is 27.7. The molecule has 1 rings (SSSR count). The maximum Gasteiger partial charge on any atom is 0.155 e. The molecule has 0 amide bonds. The lowest BCUT2D eigenvalue weighted by Gasteiger charge is -1.94. The first kappa shape index (κ1) is 8.25. The molecule has 0 aliphatic heterocycles. The Balaban J connectivity index is 2.56. The van der Waals surface area contributed by atoms with Crippen LogP contribution in [0.1, 0.15) is 32.6 Å². The Labute approximate surface area is 67.8 Å². The highest BCUT2D eigenvalue weighted by molar-refractivity contribution is 5.89. The first-order valence-corrected chi connectivity index (χ1v) is 4.14. The third kappa shape index (κ3) is 3.17.